The summed E-state index contributed by atoms with van der Waals surface area (Å²) >= 11 is 0. The molecule has 6 nitrogen and oxygen atoms in total. The average molecular weight is 346 g/mol. The number of benzene rings is 2. The van der Waals surface area contributed by atoms with Crippen molar-refractivity contribution in [3.63, 3.8) is 0 Å². The number of primary sulfonamides is 1. The number of carbonyl (C=O) groups is 1. The van der Waals surface area contributed by atoms with Gasteiger partial charge < -0.3 is 10.1 Å². The van der Waals surface area contributed by atoms with Crippen LogP contribution in [0.4, 0.5) is 5.69 Å². The Labute approximate surface area is 140 Å². The standard InChI is InChI=1S/C17H18N2O4S/c18-24(21,22)14-5-3-4-13(11-14)19-17(20)10-12-8-9-23-16-7-2-1-6-15(12)16/h1-7,11-12H,8-10H2,(H,19,20)(H2,18,21,22)/t12-/m0/s1. The van der Waals surface area contributed by atoms with Gasteiger partial charge in [-0.25, -0.2) is 13.6 Å². The van der Waals surface area contributed by atoms with Crippen LogP contribution < -0.4 is 15.2 Å². The highest BCUT2D eigenvalue weighted by atomic mass is 32.2. The highest BCUT2D eigenvalue weighted by molar-refractivity contribution is 7.89. The van der Waals surface area contributed by atoms with Crippen molar-refractivity contribution in [2.75, 3.05) is 11.9 Å². The van der Waals surface area contributed by atoms with Crippen LogP contribution in [-0.2, 0) is 14.8 Å². The van der Waals surface area contributed by atoms with E-state index in [1.807, 2.05) is 24.3 Å². The van der Waals surface area contributed by atoms with Crippen LogP contribution in [0.3, 0.4) is 0 Å². The maximum Gasteiger partial charge on any atom is 0.238 e. The van der Waals surface area contributed by atoms with E-state index in [-0.39, 0.29) is 16.7 Å². The number of anilines is 1. The Hall–Kier alpha value is -2.38. The van der Waals surface area contributed by atoms with Gasteiger partial charge in [0.15, 0.2) is 0 Å². The van der Waals surface area contributed by atoms with Crippen LogP contribution in [0.1, 0.15) is 24.3 Å². The molecule has 1 aliphatic heterocycles. The van der Waals surface area contributed by atoms with E-state index in [1.165, 1.54) is 12.1 Å². The van der Waals surface area contributed by atoms with Gasteiger partial charge in [-0.05, 0) is 42.2 Å². The van der Waals surface area contributed by atoms with Gasteiger partial charge in [0.2, 0.25) is 15.9 Å². The van der Waals surface area contributed by atoms with E-state index in [2.05, 4.69) is 5.32 Å². The van der Waals surface area contributed by atoms with Crippen LogP contribution in [0.25, 0.3) is 0 Å². The number of sulfonamides is 1. The molecule has 7 heteroatoms. The van der Waals surface area contributed by atoms with Crippen molar-refractivity contribution in [2.24, 2.45) is 5.14 Å². The molecule has 2 aromatic rings. The number of para-hydroxylation sites is 1. The molecule has 126 valence electrons. The molecule has 0 radical (unpaired) electrons. The minimum absolute atomic E-state index is 0.0308. The van der Waals surface area contributed by atoms with Gasteiger partial charge in [-0.2, -0.15) is 0 Å². The van der Waals surface area contributed by atoms with E-state index in [0.717, 1.165) is 17.7 Å². The van der Waals surface area contributed by atoms with Gasteiger partial charge in [0.1, 0.15) is 5.75 Å². The molecular formula is C17H18N2O4S. The van der Waals surface area contributed by atoms with Crippen LogP contribution in [0.15, 0.2) is 53.4 Å². The lowest BCUT2D eigenvalue weighted by atomic mass is 9.90. The molecule has 2 aromatic carbocycles. The lowest BCUT2D eigenvalue weighted by Gasteiger charge is -2.25. The minimum atomic E-state index is -3.80. The van der Waals surface area contributed by atoms with Gasteiger partial charge in [0.25, 0.3) is 0 Å². The number of amides is 1. The number of ether oxygens (including phenoxy) is 1. The van der Waals surface area contributed by atoms with Gasteiger partial charge in [-0.15, -0.1) is 0 Å². The molecule has 1 aliphatic rings. The van der Waals surface area contributed by atoms with Crippen molar-refractivity contribution in [3.05, 3.63) is 54.1 Å². The highest BCUT2D eigenvalue weighted by Crippen LogP contribution is 2.35. The van der Waals surface area contributed by atoms with Crippen molar-refractivity contribution < 1.29 is 17.9 Å². The Bertz CT molecular complexity index is 864. The zero-order valence-electron chi connectivity index (χ0n) is 12.9. The van der Waals surface area contributed by atoms with Crippen LogP contribution >= 0.6 is 0 Å². The fourth-order valence-electron chi connectivity index (χ4n) is 2.81. The predicted molar refractivity (Wildman–Crippen MR) is 90.4 cm³/mol. The maximum absolute atomic E-state index is 12.3. The van der Waals surface area contributed by atoms with E-state index in [4.69, 9.17) is 9.88 Å². The molecule has 3 rings (SSSR count). The SMILES string of the molecule is NS(=O)(=O)c1cccc(NC(=O)C[C@@H]2CCOc3ccccc32)c1. The van der Waals surface area contributed by atoms with Crippen molar-refractivity contribution in [3.8, 4) is 5.75 Å². The first-order chi connectivity index (χ1) is 11.4. The molecule has 1 heterocycles. The number of hydrogen-bond acceptors (Lipinski definition) is 4. The maximum atomic E-state index is 12.3. The summed E-state index contributed by atoms with van der Waals surface area (Å²) in [5.41, 5.74) is 1.43. The Balaban J connectivity index is 1.71. The van der Waals surface area contributed by atoms with Crippen LogP contribution in [0.2, 0.25) is 0 Å². The fourth-order valence-corrected chi connectivity index (χ4v) is 3.37. The molecule has 3 N–H and O–H groups in total. The summed E-state index contributed by atoms with van der Waals surface area (Å²) in [5.74, 6) is 0.720. The molecule has 1 amide bonds. The quantitative estimate of drug-likeness (QED) is 0.887. The third kappa shape index (κ3) is 3.74. The second-order valence-corrected chi connectivity index (χ2v) is 7.26. The molecule has 0 saturated heterocycles. The van der Waals surface area contributed by atoms with Gasteiger partial charge in [0, 0.05) is 12.1 Å². The summed E-state index contributed by atoms with van der Waals surface area (Å²) in [6, 6.07) is 13.6. The van der Waals surface area contributed by atoms with Gasteiger partial charge in [-0.3, -0.25) is 4.79 Å². The molecule has 1 atom stereocenters. The summed E-state index contributed by atoms with van der Waals surface area (Å²) in [5, 5.41) is 7.84. The summed E-state index contributed by atoms with van der Waals surface area (Å²) < 4.78 is 28.3. The van der Waals surface area contributed by atoms with Crippen LogP contribution in [0.5, 0.6) is 5.75 Å². The summed E-state index contributed by atoms with van der Waals surface area (Å²) in [7, 11) is -3.80. The first-order valence-corrected chi connectivity index (χ1v) is 9.12. The molecule has 24 heavy (non-hydrogen) atoms. The number of rotatable bonds is 4. The molecule has 0 unspecified atom stereocenters. The van der Waals surface area contributed by atoms with Crippen molar-refractivity contribution in [1.29, 1.82) is 0 Å². The predicted octanol–water partition coefficient (Wildman–Crippen LogP) is 2.23. The van der Waals surface area contributed by atoms with Crippen molar-refractivity contribution >= 4 is 21.6 Å². The lowest BCUT2D eigenvalue weighted by Crippen LogP contribution is -2.21. The Kier molecular flexibility index (Phi) is 4.55. The molecule has 0 saturated carbocycles. The summed E-state index contributed by atoms with van der Waals surface area (Å²) in [4.78, 5) is 12.3. The fraction of sp³-hybridized carbons (Fsp3) is 0.235. The third-order valence-corrected chi connectivity index (χ3v) is 4.87. The van der Waals surface area contributed by atoms with E-state index < -0.39 is 10.0 Å². The molecule has 0 aromatic heterocycles. The smallest absolute Gasteiger partial charge is 0.238 e. The summed E-state index contributed by atoms with van der Waals surface area (Å²) in [6.45, 7) is 0.579. The van der Waals surface area contributed by atoms with Crippen molar-refractivity contribution in [2.45, 2.75) is 23.7 Å². The normalized spacial score (nSPS) is 16.8. The van der Waals surface area contributed by atoms with Gasteiger partial charge in [0.05, 0.1) is 11.5 Å². The van der Waals surface area contributed by atoms with E-state index >= 15 is 0 Å². The van der Waals surface area contributed by atoms with Gasteiger partial charge in [-0.1, -0.05) is 24.3 Å². The first-order valence-electron chi connectivity index (χ1n) is 7.58. The summed E-state index contributed by atoms with van der Waals surface area (Å²) in [6.07, 6.45) is 1.07. The molecular weight excluding hydrogens is 328 g/mol. The number of nitrogens with one attached hydrogen (secondary N) is 1. The zero-order chi connectivity index (χ0) is 17.2. The second kappa shape index (κ2) is 6.62. The van der Waals surface area contributed by atoms with E-state index in [1.54, 1.807) is 12.1 Å². The lowest BCUT2D eigenvalue weighted by molar-refractivity contribution is -0.116. The second-order valence-electron chi connectivity index (χ2n) is 5.70. The number of hydrogen-bond donors (Lipinski definition) is 2. The molecule has 0 aliphatic carbocycles. The monoisotopic (exact) mass is 346 g/mol. The zero-order valence-corrected chi connectivity index (χ0v) is 13.8. The van der Waals surface area contributed by atoms with Gasteiger partial charge >= 0.3 is 0 Å². The Morgan fingerprint density at radius 2 is 2.00 bits per heavy atom. The molecule has 0 fully saturated rings. The van der Waals surface area contributed by atoms with E-state index in [0.29, 0.717) is 18.7 Å². The Morgan fingerprint density at radius 3 is 2.79 bits per heavy atom. The number of fused-ring (bicyclic) bond motifs is 1. The topological polar surface area (TPSA) is 98.5 Å². The number of carbonyl (C=O) groups excluding carboxylic acids is 1. The first kappa shape index (κ1) is 16.5. The Morgan fingerprint density at radius 1 is 1.21 bits per heavy atom. The molecule has 0 spiro atoms. The number of nitrogens with two attached hydrogens (primary N) is 1. The van der Waals surface area contributed by atoms with E-state index in [9.17, 15) is 13.2 Å². The van der Waals surface area contributed by atoms with Crippen LogP contribution in [0, 0.1) is 0 Å². The third-order valence-electron chi connectivity index (χ3n) is 3.96. The van der Waals surface area contributed by atoms with Crippen molar-refractivity contribution in [1.82, 2.24) is 0 Å². The average Bonchev–Trinajstić information content (AvgIpc) is 2.54. The highest BCUT2D eigenvalue weighted by Gasteiger charge is 2.23. The van der Waals surface area contributed by atoms with Crippen LogP contribution in [-0.4, -0.2) is 20.9 Å². The molecule has 0 bridgehead atoms. The minimum Gasteiger partial charge on any atom is -0.493 e. The largest absolute Gasteiger partial charge is 0.493 e.